The molecule has 3 unspecified atom stereocenters. The summed E-state index contributed by atoms with van der Waals surface area (Å²) in [6.45, 7) is 3.29. The lowest BCUT2D eigenvalue weighted by molar-refractivity contribution is 0.0297. The van der Waals surface area contributed by atoms with Crippen molar-refractivity contribution < 1.29 is 9.47 Å². The van der Waals surface area contributed by atoms with Gasteiger partial charge in [0.25, 0.3) is 0 Å². The molecule has 2 N–H and O–H groups in total. The van der Waals surface area contributed by atoms with E-state index in [1.54, 1.807) is 0 Å². The summed E-state index contributed by atoms with van der Waals surface area (Å²) < 4.78 is 10.9. The average Bonchev–Trinajstić information content (AvgIpc) is 2.47. The summed E-state index contributed by atoms with van der Waals surface area (Å²) in [5, 5.41) is 0. The van der Waals surface area contributed by atoms with Crippen LogP contribution in [0, 0.1) is 11.8 Å². The summed E-state index contributed by atoms with van der Waals surface area (Å²) >= 11 is 0. The monoisotopic (exact) mass is 193 g/mol. The van der Waals surface area contributed by atoms with E-state index in [-0.39, 0.29) is 12.4 Å². The molecule has 0 radical (unpaired) electrons. The minimum absolute atomic E-state index is 0. The smallest absolute Gasteiger partial charge is 0.0730 e. The third-order valence-electron chi connectivity index (χ3n) is 2.77. The SMILES string of the molecule is Cl.NCC1OCC2COCCC21. The Balaban J connectivity index is 0.000000720. The Morgan fingerprint density at radius 2 is 2.17 bits per heavy atom. The predicted molar refractivity (Wildman–Crippen MR) is 48.5 cm³/mol. The fraction of sp³-hybridized carbons (Fsp3) is 1.00. The van der Waals surface area contributed by atoms with Crippen LogP contribution in [0.3, 0.4) is 0 Å². The molecule has 0 aromatic rings. The summed E-state index contributed by atoms with van der Waals surface area (Å²) in [6.07, 6.45) is 1.44. The summed E-state index contributed by atoms with van der Waals surface area (Å²) in [6, 6.07) is 0. The van der Waals surface area contributed by atoms with Gasteiger partial charge in [-0.1, -0.05) is 0 Å². The summed E-state index contributed by atoms with van der Waals surface area (Å²) in [5.41, 5.74) is 5.57. The van der Waals surface area contributed by atoms with Gasteiger partial charge in [-0.15, -0.1) is 12.4 Å². The molecule has 0 aromatic carbocycles. The van der Waals surface area contributed by atoms with Crippen molar-refractivity contribution in [3.63, 3.8) is 0 Å². The minimum atomic E-state index is 0. The zero-order valence-corrected chi connectivity index (χ0v) is 7.89. The van der Waals surface area contributed by atoms with Crippen LogP contribution in [0.5, 0.6) is 0 Å². The van der Waals surface area contributed by atoms with Gasteiger partial charge in [0.15, 0.2) is 0 Å². The van der Waals surface area contributed by atoms with Gasteiger partial charge in [0.2, 0.25) is 0 Å². The second-order valence-electron chi connectivity index (χ2n) is 3.40. The highest BCUT2D eigenvalue weighted by Gasteiger charge is 2.38. The summed E-state index contributed by atoms with van der Waals surface area (Å²) in [4.78, 5) is 0. The van der Waals surface area contributed by atoms with Crippen LogP contribution in [0.2, 0.25) is 0 Å². The summed E-state index contributed by atoms with van der Waals surface area (Å²) in [5.74, 6) is 1.30. The first-order valence-corrected chi connectivity index (χ1v) is 4.31. The molecule has 2 heterocycles. The van der Waals surface area contributed by atoms with Crippen molar-refractivity contribution in [1.82, 2.24) is 0 Å². The molecule has 2 fully saturated rings. The molecule has 3 atom stereocenters. The van der Waals surface area contributed by atoms with E-state index >= 15 is 0 Å². The zero-order valence-electron chi connectivity index (χ0n) is 7.07. The molecule has 0 aromatic heterocycles. The topological polar surface area (TPSA) is 44.5 Å². The first-order valence-electron chi connectivity index (χ1n) is 4.31. The fourth-order valence-corrected chi connectivity index (χ4v) is 2.09. The Morgan fingerprint density at radius 3 is 2.92 bits per heavy atom. The molecule has 0 bridgehead atoms. The highest BCUT2D eigenvalue weighted by molar-refractivity contribution is 5.85. The number of rotatable bonds is 1. The Labute approximate surface area is 79.0 Å². The van der Waals surface area contributed by atoms with E-state index in [0.29, 0.717) is 24.5 Å². The van der Waals surface area contributed by atoms with Crippen LogP contribution in [-0.4, -0.2) is 32.5 Å². The van der Waals surface area contributed by atoms with Gasteiger partial charge in [-0.3, -0.25) is 0 Å². The van der Waals surface area contributed by atoms with E-state index in [0.717, 1.165) is 26.2 Å². The van der Waals surface area contributed by atoms with Crippen LogP contribution in [0.15, 0.2) is 0 Å². The third kappa shape index (κ3) is 1.74. The summed E-state index contributed by atoms with van der Waals surface area (Å²) in [7, 11) is 0. The minimum Gasteiger partial charge on any atom is -0.381 e. The van der Waals surface area contributed by atoms with Crippen LogP contribution < -0.4 is 5.73 Å². The number of halogens is 1. The van der Waals surface area contributed by atoms with Gasteiger partial charge in [-0.25, -0.2) is 0 Å². The van der Waals surface area contributed by atoms with Crippen molar-refractivity contribution in [2.45, 2.75) is 12.5 Å². The largest absolute Gasteiger partial charge is 0.381 e. The maximum Gasteiger partial charge on any atom is 0.0730 e. The Bertz CT molecular complexity index is 139. The number of hydrogen-bond donors (Lipinski definition) is 1. The zero-order chi connectivity index (χ0) is 7.68. The van der Waals surface area contributed by atoms with Crippen molar-refractivity contribution in [3.8, 4) is 0 Å². The van der Waals surface area contributed by atoms with E-state index in [1.165, 1.54) is 0 Å². The molecule has 4 heteroatoms. The van der Waals surface area contributed by atoms with Crippen LogP contribution in [0.25, 0.3) is 0 Å². The molecule has 2 rings (SSSR count). The number of fused-ring (bicyclic) bond motifs is 1. The van der Waals surface area contributed by atoms with Crippen LogP contribution in [-0.2, 0) is 9.47 Å². The van der Waals surface area contributed by atoms with E-state index in [4.69, 9.17) is 15.2 Å². The van der Waals surface area contributed by atoms with E-state index in [1.807, 2.05) is 0 Å². The quantitative estimate of drug-likeness (QED) is 0.657. The maximum absolute atomic E-state index is 5.57. The van der Waals surface area contributed by atoms with E-state index < -0.39 is 0 Å². The second-order valence-corrected chi connectivity index (χ2v) is 3.40. The fourth-order valence-electron chi connectivity index (χ4n) is 2.09. The lowest BCUT2D eigenvalue weighted by Gasteiger charge is -2.26. The number of hydrogen-bond acceptors (Lipinski definition) is 3. The van der Waals surface area contributed by atoms with Gasteiger partial charge in [-0.05, 0) is 12.3 Å². The first kappa shape index (κ1) is 10.3. The van der Waals surface area contributed by atoms with Gasteiger partial charge in [-0.2, -0.15) is 0 Å². The maximum atomic E-state index is 5.57. The van der Waals surface area contributed by atoms with E-state index in [9.17, 15) is 0 Å². The van der Waals surface area contributed by atoms with Gasteiger partial charge in [0.05, 0.1) is 19.3 Å². The molecule has 2 aliphatic rings. The van der Waals surface area contributed by atoms with Crippen LogP contribution in [0.4, 0.5) is 0 Å². The predicted octanol–water partition coefficient (Wildman–Crippen LogP) is 0.418. The first-order chi connectivity index (χ1) is 5.42. The Morgan fingerprint density at radius 1 is 1.33 bits per heavy atom. The van der Waals surface area contributed by atoms with Crippen molar-refractivity contribution >= 4 is 12.4 Å². The van der Waals surface area contributed by atoms with E-state index in [2.05, 4.69) is 0 Å². The molecular weight excluding hydrogens is 178 g/mol. The molecule has 0 spiro atoms. The average molecular weight is 194 g/mol. The van der Waals surface area contributed by atoms with Crippen molar-refractivity contribution in [2.24, 2.45) is 17.6 Å². The van der Waals surface area contributed by atoms with Gasteiger partial charge >= 0.3 is 0 Å². The van der Waals surface area contributed by atoms with Gasteiger partial charge in [0, 0.05) is 19.1 Å². The number of nitrogens with two attached hydrogens (primary N) is 1. The van der Waals surface area contributed by atoms with Crippen molar-refractivity contribution in [1.29, 1.82) is 0 Å². The molecule has 0 aliphatic carbocycles. The lowest BCUT2D eigenvalue weighted by atomic mass is 9.87. The van der Waals surface area contributed by atoms with Crippen LogP contribution >= 0.6 is 12.4 Å². The molecule has 3 nitrogen and oxygen atoms in total. The van der Waals surface area contributed by atoms with Crippen molar-refractivity contribution in [2.75, 3.05) is 26.4 Å². The highest BCUT2D eigenvalue weighted by atomic mass is 35.5. The van der Waals surface area contributed by atoms with Gasteiger partial charge < -0.3 is 15.2 Å². The lowest BCUT2D eigenvalue weighted by Crippen LogP contribution is -2.33. The van der Waals surface area contributed by atoms with Crippen LogP contribution in [0.1, 0.15) is 6.42 Å². The van der Waals surface area contributed by atoms with Crippen molar-refractivity contribution in [3.05, 3.63) is 0 Å². The number of ether oxygens (including phenoxy) is 2. The molecule has 0 saturated carbocycles. The van der Waals surface area contributed by atoms with Gasteiger partial charge in [0.1, 0.15) is 0 Å². The molecule has 12 heavy (non-hydrogen) atoms. The molecule has 72 valence electrons. The molecule has 2 aliphatic heterocycles. The second kappa shape index (κ2) is 4.42. The Kier molecular flexibility index (Phi) is 3.77. The molecule has 0 amide bonds. The third-order valence-corrected chi connectivity index (χ3v) is 2.77. The molecule has 2 saturated heterocycles. The Hall–Kier alpha value is 0.170. The highest BCUT2D eigenvalue weighted by Crippen LogP contribution is 2.32. The normalized spacial score (nSPS) is 40.2. The standard InChI is InChI=1S/C8H15NO2.ClH/c9-3-8-7-1-2-10-4-6(7)5-11-8;/h6-8H,1-5,9H2;1H. The molecular formula is C8H16ClNO2.